The van der Waals surface area contributed by atoms with Crippen LogP contribution in [0.1, 0.15) is 29.8 Å². The van der Waals surface area contributed by atoms with E-state index < -0.39 is 14.9 Å². The fourth-order valence-electron chi connectivity index (χ4n) is 3.22. The van der Waals surface area contributed by atoms with Crippen LogP contribution in [0.25, 0.3) is 0 Å². The van der Waals surface area contributed by atoms with Gasteiger partial charge in [0.2, 0.25) is 15.9 Å². The maximum atomic E-state index is 12.9. The maximum Gasteiger partial charge on any atom is 0.270 e. The Balaban J connectivity index is 1.52. The molecule has 1 aliphatic heterocycles. The van der Waals surface area contributed by atoms with Gasteiger partial charge >= 0.3 is 0 Å². The molecule has 28 heavy (non-hydrogen) atoms. The average molecular weight is 422 g/mol. The van der Waals surface area contributed by atoms with Crippen LogP contribution in [0.3, 0.4) is 0 Å². The first-order valence-corrected chi connectivity index (χ1v) is 11.1. The molecular weight excluding hydrogens is 404 g/mol. The van der Waals surface area contributed by atoms with Gasteiger partial charge in [-0.3, -0.25) is 14.9 Å². The van der Waals surface area contributed by atoms with Gasteiger partial charge in [-0.25, -0.2) is 13.4 Å². The number of nitro groups is 1. The summed E-state index contributed by atoms with van der Waals surface area (Å²) in [4.78, 5) is 27.5. The summed E-state index contributed by atoms with van der Waals surface area (Å²) in [5, 5.41) is 14.3. The summed E-state index contributed by atoms with van der Waals surface area (Å²) >= 11 is 1.28. The van der Waals surface area contributed by atoms with Gasteiger partial charge in [-0.05, 0) is 18.9 Å². The van der Waals surface area contributed by atoms with Crippen LogP contribution in [0.15, 0.2) is 29.2 Å². The standard InChI is InChI=1S/C17H18N4O5S2/c22-16(11-3-1-4-11)19-17-18-14-7-8-20(10-15(14)27-17)28(25,26)13-6-2-5-12(9-13)21(23)24/h2,5-6,9,11H,1,3-4,7-8,10H2,(H,18,19,22). The van der Waals surface area contributed by atoms with Crippen LogP contribution in [0.5, 0.6) is 0 Å². The Morgan fingerprint density at radius 3 is 2.82 bits per heavy atom. The number of carbonyl (C=O) groups excluding carboxylic acids is 1. The van der Waals surface area contributed by atoms with E-state index in [0.717, 1.165) is 35.9 Å². The number of aromatic nitrogens is 1. The lowest BCUT2D eigenvalue weighted by atomic mass is 9.85. The Morgan fingerprint density at radius 2 is 2.14 bits per heavy atom. The van der Waals surface area contributed by atoms with Crippen LogP contribution in [-0.4, -0.2) is 35.1 Å². The van der Waals surface area contributed by atoms with E-state index in [1.807, 2.05) is 0 Å². The van der Waals surface area contributed by atoms with Crippen molar-refractivity contribution in [2.45, 2.75) is 37.1 Å². The highest BCUT2D eigenvalue weighted by Gasteiger charge is 2.32. The molecule has 1 amide bonds. The van der Waals surface area contributed by atoms with E-state index in [2.05, 4.69) is 10.3 Å². The number of hydrogen-bond acceptors (Lipinski definition) is 7. The first-order valence-electron chi connectivity index (χ1n) is 8.88. The minimum absolute atomic E-state index is 0.0292. The normalized spacial score (nSPS) is 17.6. The number of carbonyl (C=O) groups is 1. The van der Waals surface area contributed by atoms with Gasteiger partial charge in [-0.15, -0.1) is 11.3 Å². The number of thiazole rings is 1. The summed E-state index contributed by atoms with van der Waals surface area (Å²) in [6.07, 6.45) is 3.29. The van der Waals surface area contributed by atoms with Crippen LogP contribution in [-0.2, 0) is 27.8 Å². The molecular formula is C17H18N4O5S2. The zero-order valence-corrected chi connectivity index (χ0v) is 16.5. The molecule has 0 atom stereocenters. The lowest BCUT2D eigenvalue weighted by Gasteiger charge is -2.25. The Labute approximate surface area is 165 Å². The third-order valence-corrected chi connectivity index (χ3v) is 7.91. The number of nitrogens with one attached hydrogen (secondary N) is 1. The highest BCUT2D eigenvalue weighted by Crippen LogP contribution is 2.33. The number of nitro benzene ring substituents is 1. The van der Waals surface area contributed by atoms with Gasteiger partial charge < -0.3 is 5.32 Å². The number of rotatable bonds is 5. The number of hydrogen-bond donors (Lipinski definition) is 1. The molecule has 9 nitrogen and oxygen atoms in total. The van der Waals surface area contributed by atoms with Crippen molar-refractivity contribution in [1.29, 1.82) is 0 Å². The molecule has 1 saturated carbocycles. The largest absolute Gasteiger partial charge is 0.302 e. The Hall–Kier alpha value is -2.37. The smallest absolute Gasteiger partial charge is 0.270 e. The number of nitrogens with zero attached hydrogens (tertiary/aromatic N) is 3. The van der Waals surface area contributed by atoms with Crippen LogP contribution in [0, 0.1) is 16.0 Å². The van der Waals surface area contributed by atoms with Crippen LogP contribution in [0.4, 0.5) is 10.8 Å². The van der Waals surface area contributed by atoms with E-state index in [1.165, 1.54) is 33.8 Å². The second-order valence-electron chi connectivity index (χ2n) is 6.85. The molecule has 4 rings (SSSR count). The average Bonchev–Trinajstić information content (AvgIpc) is 3.01. The second kappa shape index (κ2) is 7.22. The lowest BCUT2D eigenvalue weighted by Crippen LogP contribution is -2.35. The zero-order valence-electron chi connectivity index (χ0n) is 14.8. The van der Waals surface area contributed by atoms with Gasteiger partial charge in [0.05, 0.1) is 22.1 Å². The first-order chi connectivity index (χ1) is 13.3. The van der Waals surface area contributed by atoms with Crippen LogP contribution in [0.2, 0.25) is 0 Å². The fourth-order valence-corrected chi connectivity index (χ4v) is 5.77. The van der Waals surface area contributed by atoms with Crippen LogP contribution < -0.4 is 5.32 Å². The molecule has 2 aromatic rings. The molecule has 148 valence electrons. The summed E-state index contributed by atoms with van der Waals surface area (Å²) in [5.74, 6) is 0.0186. The Morgan fingerprint density at radius 1 is 1.36 bits per heavy atom. The fraction of sp³-hybridized carbons (Fsp3) is 0.412. The van der Waals surface area contributed by atoms with Crippen molar-refractivity contribution in [3.63, 3.8) is 0 Å². The number of sulfonamides is 1. The van der Waals surface area contributed by atoms with Crippen molar-refractivity contribution in [1.82, 2.24) is 9.29 Å². The van der Waals surface area contributed by atoms with Crippen molar-refractivity contribution < 1.29 is 18.1 Å². The predicted octanol–water partition coefficient (Wildman–Crippen LogP) is 2.54. The molecule has 0 saturated heterocycles. The van der Waals surface area contributed by atoms with Crippen LogP contribution >= 0.6 is 11.3 Å². The van der Waals surface area contributed by atoms with Crippen molar-refractivity contribution in [2.75, 3.05) is 11.9 Å². The molecule has 1 aliphatic carbocycles. The highest BCUT2D eigenvalue weighted by atomic mass is 32.2. The maximum absolute atomic E-state index is 12.9. The van der Waals surface area contributed by atoms with Gasteiger partial charge in [0.15, 0.2) is 5.13 Å². The molecule has 1 aromatic heterocycles. The monoisotopic (exact) mass is 422 g/mol. The molecule has 1 N–H and O–H groups in total. The minimum Gasteiger partial charge on any atom is -0.302 e. The van der Waals surface area contributed by atoms with E-state index in [9.17, 15) is 23.3 Å². The topological polar surface area (TPSA) is 123 Å². The van der Waals surface area contributed by atoms with Gasteiger partial charge in [-0.2, -0.15) is 4.31 Å². The Bertz CT molecular complexity index is 1050. The van der Waals surface area contributed by atoms with Crippen molar-refractivity contribution >= 4 is 38.1 Å². The summed E-state index contributed by atoms with van der Waals surface area (Å²) in [5.41, 5.74) is 0.525. The molecule has 1 aromatic carbocycles. The van der Waals surface area contributed by atoms with Gasteiger partial charge in [-0.1, -0.05) is 12.5 Å². The SMILES string of the molecule is O=C(Nc1nc2c(s1)CN(S(=O)(=O)c1cccc([N+](=O)[O-])c1)CC2)C1CCC1. The molecule has 11 heteroatoms. The minimum atomic E-state index is -3.86. The first kappa shape index (κ1) is 19.0. The number of benzene rings is 1. The zero-order chi connectivity index (χ0) is 19.9. The third kappa shape index (κ3) is 3.52. The molecule has 2 aliphatic rings. The molecule has 0 radical (unpaired) electrons. The molecule has 0 unspecified atom stereocenters. The molecule has 0 bridgehead atoms. The van der Waals surface area contributed by atoms with Crippen molar-refractivity contribution in [3.8, 4) is 0 Å². The summed E-state index contributed by atoms with van der Waals surface area (Å²) in [7, 11) is -3.86. The summed E-state index contributed by atoms with van der Waals surface area (Å²) < 4.78 is 27.1. The quantitative estimate of drug-likeness (QED) is 0.583. The highest BCUT2D eigenvalue weighted by molar-refractivity contribution is 7.89. The van der Waals surface area contributed by atoms with E-state index >= 15 is 0 Å². The second-order valence-corrected chi connectivity index (χ2v) is 9.87. The number of amides is 1. The van der Waals surface area contributed by atoms with Crippen molar-refractivity contribution in [3.05, 3.63) is 45.0 Å². The molecule has 1 fully saturated rings. The number of anilines is 1. The van der Waals surface area contributed by atoms with Gasteiger partial charge in [0.1, 0.15) is 0 Å². The van der Waals surface area contributed by atoms with E-state index in [0.29, 0.717) is 11.6 Å². The lowest BCUT2D eigenvalue weighted by molar-refractivity contribution is -0.385. The van der Waals surface area contributed by atoms with E-state index in [-0.39, 0.29) is 35.5 Å². The third-order valence-electron chi connectivity index (χ3n) is 5.07. The number of non-ortho nitro benzene ring substituents is 1. The van der Waals surface area contributed by atoms with E-state index in [1.54, 1.807) is 0 Å². The summed E-state index contributed by atoms with van der Waals surface area (Å²) in [6.45, 7) is 0.370. The summed E-state index contributed by atoms with van der Waals surface area (Å²) in [6, 6.07) is 5.05. The predicted molar refractivity (Wildman–Crippen MR) is 102 cm³/mol. The molecule has 2 heterocycles. The van der Waals surface area contributed by atoms with Crippen molar-refractivity contribution in [2.24, 2.45) is 5.92 Å². The molecule has 0 spiro atoms. The number of fused-ring (bicyclic) bond motifs is 1. The Kier molecular flexibility index (Phi) is 4.89. The van der Waals surface area contributed by atoms with Gasteiger partial charge in [0, 0.05) is 35.9 Å². The van der Waals surface area contributed by atoms with Gasteiger partial charge in [0.25, 0.3) is 5.69 Å². The van der Waals surface area contributed by atoms with E-state index in [4.69, 9.17) is 0 Å².